The van der Waals surface area contributed by atoms with Crippen LogP contribution in [0.3, 0.4) is 0 Å². The van der Waals surface area contributed by atoms with Crippen LogP contribution < -0.4 is 5.69 Å². The molecule has 0 aliphatic carbocycles. The van der Waals surface area contributed by atoms with Crippen molar-refractivity contribution in [1.82, 2.24) is 9.13 Å². The van der Waals surface area contributed by atoms with Crippen LogP contribution in [0.5, 0.6) is 0 Å². The summed E-state index contributed by atoms with van der Waals surface area (Å²) in [7, 11) is 0. The number of imidazole rings is 1. The standard InChI is InChI=1S/C29H28N2O4/c1-2-3-13-26-27(20-32)31(18-21-9-5-4-6-10-21)29(35)30(26)19-22-14-16-23(17-15-22)24-11-7-8-12-25(24)28(33)34/h4-12,14-17,20H,2-3,13,18-19H2,1H3,(H,33,34). The molecule has 3 aromatic carbocycles. The number of carbonyl (C=O) groups excluding carboxylic acids is 1. The van der Waals surface area contributed by atoms with E-state index in [0.717, 1.165) is 41.5 Å². The molecule has 35 heavy (non-hydrogen) atoms. The summed E-state index contributed by atoms with van der Waals surface area (Å²) in [6, 6.07) is 24.1. The normalized spacial score (nSPS) is 10.9. The van der Waals surface area contributed by atoms with Crippen LogP contribution in [0.1, 0.15) is 57.4 Å². The third-order valence-corrected chi connectivity index (χ3v) is 6.20. The predicted molar refractivity (Wildman–Crippen MR) is 136 cm³/mol. The maximum Gasteiger partial charge on any atom is 0.336 e. The van der Waals surface area contributed by atoms with Crippen molar-refractivity contribution >= 4 is 12.3 Å². The van der Waals surface area contributed by atoms with E-state index in [2.05, 4.69) is 6.92 Å². The van der Waals surface area contributed by atoms with E-state index in [1.165, 1.54) is 0 Å². The van der Waals surface area contributed by atoms with Crippen molar-refractivity contribution in [3.8, 4) is 11.1 Å². The number of hydrogen-bond acceptors (Lipinski definition) is 3. The van der Waals surface area contributed by atoms with E-state index < -0.39 is 5.97 Å². The lowest BCUT2D eigenvalue weighted by atomic mass is 9.99. The van der Waals surface area contributed by atoms with Crippen molar-refractivity contribution in [2.24, 2.45) is 0 Å². The molecule has 0 aliphatic rings. The maximum atomic E-state index is 13.5. The Bertz CT molecular complexity index is 1380. The summed E-state index contributed by atoms with van der Waals surface area (Å²) >= 11 is 0. The summed E-state index contributed by atoms with van der Waals surface area (Å²) in [5.41, 5.74) is 4.51. The quantitative estimate of drug-likeness (QED) is 0.322. The molecule has 178 valence electrons. The summed E-state index contributed by atoms with van der Waals surface area (Å²) in [6.07, 6.45) is 3.26. The maximum absolute atomic E-state index is 13.5. The number of aromatic nitrogens is 2. The van der Waals surface area contributed by atoms with Crippen molar-refractivity contribution in [3.63, 3.8) is 0 Å². The zero-order valence-electron chi connectivity index (χ0n) is 19.7. The molecule has 0 saturated heterocycles. The molecule has 1 aromatic heterocycles. The van der Waals surface area contributed by atoms with Crippen molar-refractivity contribution in [2.45, 2.75) is 39.3 Å². The van der Waals surface area contributed by atoms with Gasteiger partial charge in [-0.3, -0.25) is 13.9 Å². The van der Waals surface area contributed by atoms with Gasteiger partial charge in [-0.15, -0.1) is 0 Å². The Morgan fingerprint density at radius 3 is 2.14 bits per heavy atom. The van der Waals surface area contributed by atoms with Gasteiger partial charge in [-0.25, -0.2) is 9.59 Å². The minimum Gasteiger partial charge on any atom is -0.478 e. The van der Waals surface area contributed by atoms with E-state index in [1.807, 2.05) is 60.7 Å². The number of benzene rings is 3. The summed E-state index contributed by atoms with van der Waals surface area (Å²) < 4.78 is 3.26. The van der Waals surface area contributed by atoms with Crippen LogP contribution in [-0.4, -0.2) is 26.5 Å². The lowest BCUT2D eigenvalue weighted by Gasteiger charge is -2.10. The van der Waals surface area contributed by atoms with E-state index in [0.29, 0.717) is 30.8 Å². The smallest absolute Gasteiger partial charge is 0.336 e. The van der Waals surface area contributed by atoms with E-state index in [4.69, 9.17) is 0 Å². The Morgan fingerprint density at radius 1 is 0.857 bits per heavy atom. The first-order valence-electron chi connectivity index (χ1n) is 11.8. The molecule has 0 radical (unpaired) electrons. The average Bonchev–Trinajstić information content (AvgIpc) is 3.13. The molecular weight excluding hydrogens is 440 g/mol. The minimum absolute atomic E-state index is 0.206. The molecule has 0 aliphatic heterocycles. The fourth-order valence-corrected chi connectivity index (χ4v) is 4.37. The molecule has 0 atom stereocenters. The van der Waals surface area contributed by atoms with Crippen LogP contribution in [-0.2, 0) is 19.5 Å². The molecule has 0 spiro atoms. The molecule has 0 fully saturated rings. The Morgan fingerprint density at radius 2 is 1.49 bits per heavy atom. The largest absolute Gasteiger partial charge is 0.478 e. The second kappa shape index (κ2) is 10.8. The highest BCUT2D eigenvalue weighted by atomic mass is 16.4. The molecule has 4 rings (SSSR count). The lowest BCUT2D eigenvalue weighted by Crippen LogP contribution is -2.26. The van der Waals surface area contributed by atoms with Gasteiger partial charge < -0.3 is 5.11 Å². The van der Waals surface area contributed by atoms with Crippen LogP contribution in [0.2, 0.25) is 0 Å². The highest BCUT2D eigenvalue weighted by Crippen LogP contribution is 2.24. The molecule has 1 N–H and O–H groups in total. The number of rotatable bonds is 10. The molecular formula is C29H28N2O4. The molecule has 6 nitrogen and oxygen atoms in total. The van der Waals surface area contributed by atoms with Crippen LogP contribution >= 0.6 is 0 Å². The number of unbranched alkanes of at least 4 members (excludes halogenated alkanes) is 1. The Labute approximate surface area is 204 Å². The zero-order chi connectivity index (χ0) is 24.8. The van der Waals surface area contributed by atoms with Gasteiger partial charge in [0, 0.05) is 0 Å². The molecule has 4 aromatic rings. The van der Waals surface area contributed by atoms with Crippen molar-refractivity contribution in [2.75, 3.05) is 0 Å². The van der Waals surface area contributed by atoms with Gasteiger partial charge in [-0.2, -0.15) is 0 Å². The number of carboxylic acid groups (broad SMARTS) is 1. The summed E-state index contributed by atoms with van der Waals surface area (Å²) in [4.78, 5) is 37.1. The highest BCUT2D eigenvalue weighted by molar-refractivity contribution is 5.96. The van der Waals surface area contributed by atoms with Gasteiger partial charge >= 0.3 is 11.7 Å². The first-order chi connectivity index (χ1) is 17.0. The number of aromatic carboxylic acids is 1. The number of nitrogens with zero attached hydrogens (tertiary/aromatic N) is 2. The van der Waals surface area contributed by atoms with Gasteiger partial charge in [0.2, 0.25) is 0 Å². The summed E-state index contributed by atoms with van der Waals surface area (Å²) in [5, 5.41) is 9.50. The van der Waals surface area contributed by atoms with E-state index in [1.54, 1.807) is 27.3 Å². The van der Waals surface area contributed by atoms with Crippen LogP contribution in [0.25, 0.3) is 11.1 Å². The molecule has 0 bridgehead atoms. The highest BCUT2D eigenvalue weighted by Gasteiger charge is 2.20. The first kappa shape index (κ1) is 24.0. The van der Waals surface area contributed by atoms with Crippen molar-refractivity contribution in [1.29, 1.82) is 0 Å². The second-order valence-electron chi connectivity index (χ2n) is 8.54. The van der Waals surface area contributed by atoms with Crippen LogP contribution in [0, 0.1) is 0 Å². The monoisotopic (exact) mass is 468 g/mol. The first-order valence-corrected chi connectivity index (χ1v) is 11.8. The summed E-state index contributed by atoms with van der Waals surface area (Å²) in [6.45, 7) is 2.75. The number of hydrogen-bond donors (Lipinski definition) is 1. The van der Waals surface area contributed by atoms with Gasteiger partial charge in [0.25, 0.3) is 0 Å². The summed E-state index contributed by atoms with van der Waals surface area (Å²) in [5.74, 6) is -0.974. The van der Waals surface area contributed by atoms with E-state index in [9.17, 15) is 19.5 Å². The van der Waals surface area contributed by atoms with Gasteiger partial charge in [0.15, 0.2) is 6.29 Å². The third kappa shape index (κ3) is 5.17. The fraction of sp³-hybridized carbons (Fsp3) is 0.207. The van der Waals surface area contributed by atoms with Crippen LogP contribution in [0.15, 0.2) is 83.7 Å². The number of carboxylic acids is 1. The minimum atomic E-state index is -0.974. The molecule has 0 amide bonds. The van der Waals surface area contributed by atoms with Crippen molar-refractivity contribution < 1.29 is 14.7 Å². The Balaban J connectivity index is 1.70. The van der Waals surface area contributed by atoms with E-state index in [-0.39, 0.29) is 11.3 Å². The molecule has 1 heterocycles. The Kier molecular flexibility index (Phi) is 7.41. The zero-order valence-corrected chi connectivity index (χ0v) is 19.7. The second-order valence-corrected chi connectivity index (χ2v) is 8.54. The van der Waals surface area contributed by atoms with E-state index >= 15 is 0 Å². The van der Waals surface area contributed by atoms with Gasteiger partial charge in [-0.05, 0) is 41.2 Å². The van der Waals surface area contributed by atoms with Crippen LogP contribution in [0.4, 0.5) is 0 Å². The number of aldehydes is 1. The molecule has 6 heteroatoms. The SMILES string of the molecule is CCCCc1c(C=O)n(Cc2ccccc2)c(=O)n1Cc1ccc(-c2ccccc2C(=O)O)cc1. The predicted octanol–water partition coefficient (Wildman–Crippen LogP) is 5.27. The average molecular weight is 469 g/mol. The topological polar surface area (TPSA) is 81.3 Å². The van der Waals surface area contributed by atoms with Gasteiger partial charge in [0.1, 0.15) is 5.69 Å². The fourth-order valence-electron chi connectivity index (χ4n) is 4.37. The Hall–Kier alpha value is -4.19. The molecule has 0 unspecified atom stereocenters. The third-order valence-electron chi connectivity index (χ3n) is 6.20. The van der Waals surface area contributed by atoms with Crippen molar-refractivity contribution in [3.05, 3.63) is 117 Å². The van der Waals surface area contributed by atoms with Gasteiger partial charge in [0.05, 0.1) is 24.3 Å². The number of carbonyl (C=O) groups is 2. The molecule has 0 saturated carbocycles. The van der Waals surface area contributed by atoms with Gasteiger partial charge in [-0.1, -0.05) is 86.1 Å². The lowest BCUT2D eigenvalue weighted by molar-refractivity contribution is 0.0697.